The van der Waals surface area contributed by atoms with Crippen molar-refractivity contribution in [1.82, 2.24) is 9.80 Å². The first-order valence-corrected chi connectivity index (χ1v) is 8.31. The summed E-state index contributed by atoms with van der Waals surface area (Å²) in [5, 5.41) is 0. The van der Waals surface area contributed by atoms with Crippen LogP contribution in [0, 0.1) is 11.8 Å². The van der Waals surface area contributed by atoms with Crippen molar-refractivity contribution in [3.63, 3.8) is 0 Å². The number of hydrogen-bond acceptors (Lipinski definition) is 3. The molecule has 0 aromatic rings. The fourth-order valence-corrected chi connectivity index (χ4v) is 4.14. The van der Waals surface area contributed by atoms with Crippen LogP contribution in [-0.4, -0.2) is 54.9 Å². The maximum absolute atomic E-state index is 12.6. The van der Waals surface area contributed by atoms with E-state index in [-0.39, 0.29) is 12.4 Å². The standard InChI is InChI=1S/C16H28N2O.ClH/c19-16-14(12-17-8-1-2-9-17)6-5-7-15(16)13-18-10-3-4-11-18;/h14-15H,1-13H2;1H. The van der Waals surface area contributed by atoms with E-state index < -0.39 is 0 Å². The van der Waals surface area contributed by atoms with Gasteiger partial charge in [-0.25, -0.2) is 0 Å². The summed E-state index contributed by atoms with van der Waals surface area (Å²) >= 11 is 0. The van der Waals surface area contributed by atoms with Crippen molar-refractivity contribution in [1.29, 1.82) is 0 Å². The Morgan fingerprint density at radius 1 is 0.750 bits per heavy atom. The van der Waals surface area contributed by atoms with Crippen molar-refractivity contribution < 1.29 is 4.79 Å². The SMILES string of the molecule is Cl.O=C1C(CN2CCCC2)CCCC1CN1CCCC1. The van der Waals surface area contributed by atoms with Crippen LogP contribution in [0.3, 0.4) is 0 Å². The second-order valence-electron chi connectivity index (χ2n) is 6.74. The summed E-state index contributed by atoms with van der Waals surface area (Å²) in [4.78, 5) is 17.7. The van der Waals surface area contributed by atoms with E-state index in [4.69, 9.17) is 0 Å². The van der Waals surface area contributed by atoms with Crippen LogP contribution in [0.1, 0.15) is 44.9 Å². The third-order valence-corrected chi connectivity index (χ3v) is 5.26. The Bertz CT molecular complexity index is 284. The van der Waals surface area contributed by atoms with Crippen molar-refractivity contribution in [3.8, 4) is 0 Å². The van der Waals surface area contributed by atoms with Crippen LogP contribution in [0.2, 0.25) is 0 Å². The van der Waals surface area contributed by atoms with Crippen LogP contribution in [0.5, 0.6) is 0 Å². The molecule has 0 amide bonds. The highest BCUT2D eigenvalue weighted by atomic mass is 35.5. The number of ketones is 1. The normalized spacial score (nSPS) is 32.5. The van der Waals surface area contributed by atoms with E-state index in [9.17, 15) is 4.79 Å². The number of halogens is 1. The zero-order valence-electron chi connectivity index (χ0n) is 12.6. The molecule has 1 saturated carbocycles. The topological polar surface area (TPSA) is 23.6 Å². The summed E-state index contributed by atoms with van der Waals surface area (Å²) in [6.07, 6.45) is 8.88. The molecule has 3 aliphatic rings. The molecule has 0 aromatic carbocycles. The van der Waals surface area contributed by atoms with Gasteiger partial charge in [0.2, 0.25) is 0 Å². The number of carbonyl (C=O) groups is 1. The smallest absolute Gasteiger partial charge is 0.141 e. The number of nitrogens with zero attached hydrogens (tertiary/aromatic N) is 2. The number of hydrogen-bond donors (Lipinski definition) is 0. The third kappa shape index (κ3) is 3.96. The Morgan fingerprint density at radius 3 is 1.55 bits per heavy atom. The Balaban J connectivity index is 0.00000147. The Labute approximate surface area is 129 Å². The van der Waals surface area contributed by atoms with Crippen LogP contribution in [0.4, 0.5) is 0 Å². The predicted molar refractivity (Wildman–Crippen MR) is 84.4 cm³/mol. The van der Waals surface area contributed by atoms with Crippen LogP contribution in [-0.2, 0) is 4.79 Å². The first kappa shape index (κ1) is 16.3. The van der Waals surface area contributed by atoms with Gasteiger partial charge in [-0.3, -0.25) is 4.79 Å². The van der Waals surface area contributed by atoms with Gasteiger partial charge in [0.15, 0.2) is 0 Å². The maximum atomic E-state index is 12.6. The molecule has 0 bridgehead atoms. The van der Waals surface area contributed by atoms with E-state index in [2.05, 4.69) is 9.80 Å². The number of likely N-dealkylation sites (tertiary alicyclic amines) is 2. The van der Waals surface area contributed by atoms with Gasteiger partial charge in [-0.2, -0.15) is 0 Å². The highest BCUT2D eigenvalue weighted by Gasteiger charge is 2.33. The molecule has 1 aliphatic carbocycles. The molecule has 3 nitrogen and oxygen atoms in total. The lowest BCUT2D eigenvalue weighted by molar-refractivity contribution is -0.130. The van der Waals surface area contributed by atoms with Gasteiger partial charge in [0.1, 0.15) is 5.78 Å². The molecule has 2 saturated heterocycles. The van der Waals surface area contributed by atoms with Crippen LogP contribution < -0.4 is 0 Å². The number of carbonyl (C=O) groups excluding carboxylic acids is 1. The molecule has 0 spiro atoms. The third-order valence-electron chi connectivity index (χ3n) is 5.26. The largest absolute Gasteiger partial charge is 0.303 e. The second kappa shape index (κ2) is 7.77. The quantitative estimate of drug-likeness (QED) is 0.797. The lowest BCUT2D eigenvalue weighted by Crippen LogP contribution is -2.41. The molecule has 2 unspecified atom stereocenters. The molecule has 2 aliphatic heterocycles. The van der Waals surface area contributed by atoms with E-state index in [0.717, 1.165) is 25.9 Å². The summed E-state index contributed by atoms with van der Waals surface area (Å²) in [5.41, 5.74) is 0. The Morgan fingerprint density at radius 2 is 1.15 bits per heavy atom. The molecule has 20 heavy (non-hydrogen) atoms. The Hall–Kier alpha value is -0.120. The van der Waals surface area contributed by atoms with Crippen molar-refractivity contribution in [2.45, 2.75) is 44.9 Å². The minimum absolute atomic E-state index is 0. The summed E-state index contributed by atoms with van der Waals surface area (Å²) in [5.74, 6) is 1.28. The molecule has 2 heterocycles. The monoisotopic (exact) mass is 300 g/mol. The van der Waals surface area contributed by atoms with E-state index in [1.165, 1.54) is 58.3 Å². The zero-order chi connectivity index (χ0) is 13.1. The molecular weight excluding hydrogens is 272 g/mol. The first-order chi connectivity index (χ1) is 9.33. The average molecular weight is 301 g/mol. The molecular formula is C16H29ClN2O. The van der Waals surface area contributed by atoms with E-state index >= 15 is 0 Å². The summed E-state index contributed by atoms with van der Waals surface area (Å²) in [6, 6.07) is 0. The molecule has 0 aromatic heterocycles. The molecule has 3 rings (SSSR count). The van der Waals surface area contributed by atoms with Crippen LogP contribution >= 0.6 is 12.4 Å². The lowest BCUT2D eigenvalue weighted by atomic mass is 9.79. The van der Waals surface area contributed by atoms with Crippen molar-refractivity contribution in [2.75, 3.05) is 39.3 Å². The minimum atomic E-state index is 0. The Kier molecular flexibility index (Phi) is 6.31. The fraction of sp³-hybridized carbons (Fsp3) is 0.938. The molecule has 116 valence electrons. The zero-order valence-corrected chi connectivity index (χ0v) is 13.4. The summed E-state index contributed by atoms with van der Waals surface area (Å²) < 4.78 is 0. The van der Waals surface area contributed by atoms with Crippen LogP contribution in [0.15, 0.2) is 0 Å². The van der Waals surface area contributed by atoms with Crippen LogP contribution in [0.25, 0.3) is 0 Å². The fourth-order valence-electron chi connectivity index (χ4n) is 4.14. The molecule has 2 atom stereocenters. The van der Waals surface area contributed by atoms with Gasteiger partial charge in [-0.15, -0.1) is 12.4 Å². The van der Waals surface area contributed by atoms with Crippen molar-refractivity contribution >= 4 is 18.2 Å². The van der Waals surface area contributed by atoms with Crippen molar-refractivity contribution in [2.24, 2.45) is 11.8 Å². The molecule has 4 heteroatoms. The van der Waals surface area contributed by atoms with Gasteiger partial charge in [0, 0.05) is 24.9 Å². The summed E-state index contributed by atoms with van der Waals surface area (Å²) in [6.45, 7) is 6.99. The van der Waals surface area contributed by atoms with E-state index in [1.54, 1.807) is 0 Å². The van der Waals surface area contributed by atoms with Gasteiger partial charge < -0.3 is 9.80 Å². The molecule has 0 radical (unpaired) electrons. The minimum Gasteiger partial charge on any atom is -0.303 e. The lowest BCUT2D eigenvalue weighted by Gasteiger charge is -2.32. The first-order valence-electron chi connectivity index (χ1n) is 8.31. The van der Waals surface area contributed by atoms with Crippen molar-refractivity contribution in [3.05, 3.63) is 0 Å². The van der Waals surface area contributed by atoms with Gasteiger partial charge in [0.05, 0.1) is 0 Å². The highest BCUT2D eigenvalue weighted by Crippen LogP contribution is 2.28. The maximum Gasteiger partial charge on any atom is 0.141 e. The molecule has 0 N–H and O–H groups in total. The van der Waals surface area contributed by atoms with Gasteiger partial charge >= 0.3 is 0 Å². The highest BCUT2D eigenvalue weighted by molar-refractivity contribution is 5.85. The number of rotatable bonds is 4. The van der Waals surface area contributed by atoms with Gasteiger partial charge in [-0.05, 0) is 64.7 Å². The van der Waals surface area contributed by atoms with Gasteiger partial charge in [-0.1, -0.05) is 6.42 Å². The van der Waals surface area contributed by atoms with E-state index in [1.807, 2.05) is 0 Å². The predicted octanol–water partition coefficient (Wildman–Crippen LogP) is 2.59. The average Bonchev–Trinajstić information content (AvgIpc) is 3.07. The second-order valence-corrected chi connectivity index (χ2v) is 6.74. The number of Topliss-reactive ketones (excluding diaryl/α,β-unsaturated/α-hetero) is 1. The summed E-state index contributed by atoms with van der Waals surface area (Å²) in [7, 11) is 0. The van der Waals surface area contributed by atoms with E-state index in [0.29, 0.717) is 17.6 Å². The molecule has 3 fully saturated rings. The van der Waals surface area contributed by atoms with Gasteiger partial charge in [0.25, 0.3) is 0 Å².